The number of nitrogens with one attached hydrogen (secondary N) is 1. The highest BCUT2D eigenvalue weighted by molar-refractivity contribution is 5.78. The van der Waals surface area contributed by atoms with Crippen LogP contribution in [0.4, 0.5) is 4.79 Å². The number of benzene rings is 1. The molecule has 0 saturated carbocycles. The van der Waals surface area contributed by atoms with Gasteiger partial charge in [-0.15, -0.1) is 0 Å². The molecule has 1 heterocycles. The fourth-order valence-corrected chi connectivity index (χ4v) is 3.21. The Labute approximate surface area is 150 Å². The number of nitrogens with zero attached hydrogens (tertiary/aromatic N) is 2. The van der Waals surface area contributed by atoms with E-state index in [0.717, 1.165) is 19.3 Å². The van der Waals surface area contributed by atoms with Crippen molar-refractivity contribution in [3.8, 4) is 0 Å². The van der Waals surface area contributed by atoms with Crippen molar-refractivity contribution in [1.82, 2.24) is 10.2 Å². The lowest BCUT2D eigenvalue weighted by molar-refractivity contribution is 0.0963. The van der Waals surface area contributed by atoms with Crippen molar-refractivity contribution in [3.05, 3.63) is 34.9 Å². The maximum atomic E-state index is 11.7. The Morgan fingerprint density at radius 1 is 1.32 bits per heavy atom. The largest absolute Gasteiger partial charge is 0.450 e. The van der Waals surface area contributed by atoms with E-state index in [2.05, 4.69) is 42.4 Å². The molecule has 0 unspecified atom stereocenters. The molecule has 1 fully saturated rings. The molecule has 25 heavy (non-hydrogen) atoms. The Bertz CT molecular complexity index is 587. The fraction of sp³-hybridized carbons (Fsp3) is 0.579. The number of aryl methyl sites for hydroxylation is 2. The monoisotopic (exact) mass is 346 g/mol. The molecular weight excluding hydrogens is 316 g/mol. The second kappa shape index (κ2) is 9.30. The van der Waals surface area contributed by atoms with E-state index in [1.165, 1.54) is 16.7 Å². The molecule has 1 amide bonds. The van der Waals surface area contributed by atoms with Gasteiger partial charge in [0.1, 0.15) is 0 Å². The topological polar surface area (TPSA) is 80.0 Å². The first kappa shape index (κ1) is 19.1. The van der Waals surface area contributed by atoms with Gasteiger partial charge in [-0.05, 0) is 56.7 Å². The summed E-state index contributed by atoms with van der Waals surface area (Å²) in [6.07, 6.45) is 2.37. The number of ether oxygens (including phenoxy) is 1. The second-order valence-electron chi connectivity index (χ2n) is 6.49. The number of likely N-dealkylation sites (tertiary alicyclic amines) is 1. The smallest absolute Gasteiger partial charge is 0.409 e. The van der Waals surface area contributed by atoms with Crippen molar-refractivity contribution in [2.75, 3.05) is 26.2 Å². The first-order valence-corrected chi connectivity index (χ1v) is 9.04. The van der Waals surface area contributed by atoms with E-state index in [9.17, 15) is 4.79 Å². The normalized spacial score (nSPS) is 16.0. The predicted octanol–water partition coefficient (Wildman–Crippen LogP) is 2.37. The average molecular weight is 346 g/mol. The van der Waals surface area contributed by atoms with E-state index in [1.54, 1.807) is 4.90 Å². The van der Waals surface area contributed by atoms with Crippen molar-refractivity contribution >= 4 is 12.1 Å². The summed E-state index contributed by atoms with van der Waals surface area (Å²) < 4.78 is 5.03. The lowest BCUT2D eigenvalue weighted by Gasteiger charge is -2.31. The van der Waals surface area contributed by atoms with Crippen LogP contribution in [0.2, 0.25) is 0 Å². The Morgan fingerprint density at radius 3 is 2.56 bits per heavy atom. The molecule has 6 nitrogen and oxygen atoms in total. The van der Waals surface area contributed by atoms with E-state index in [0.29, 0.717) is 32.2 Å². The molecule has 1 aromatic rings. The zero-order chi connectivity index (χ0) is 18.2. The Hall–Kier alpha value is -2.24. The van der Waals surface area contributed by atoms with Crippen molar-refractivity contribution in [1.29, 1.82) is 0 Å². The molecule has 1 aliphatic heterocycles. The molecule has 1 aliphatic rings. The van der Waals surface area contributed by atoms with E-state index in [1.807, 2.05) is 6.92 Å². The maximum Gasteiger partial charge on any atom is 0.409 e. The number of rotatable bonds is 5. The first-order chi connectivity index (χ1) is 12.0. The molecule has 138 valence electrons. The van der Waals surface area contributed by atoms with Gasteiger partial charge >= 0.3 is 6.09 Å². The van der Waals surface area contributed by atoms with E-state index < -0.39 is 0 Å². The SMILES string of the molecule is CCOC(=O)N1CCC(NC(N)=NCCc2c(C)cccc2C)CC1. The van der Waals surface area contributed by atoms with Gasteiger partial charge in [0.05, 0.1) is 6.61 Å². The summed E-state index contributed by atoms with van der Waals surface area (Å²) in [5.41, 5.74) is 9.97. The summed E-state index contributed by atoms with van der Waals surface area (Å²) in [7, 11) is 0. The van der Waals surface area contributed by atoms with E-state index >= 15 is 0 Å². The molecular formula is C19H30N4O2. The molecule has 1 saturated heterocycles. The molecule has 0 aromatic heterocycles. The number of carbonyl (C=O) groups excluding carboxylic acids is 1. The van der Waals surface area contributed by atoms with Crippen molar-refractivity contribution < 1.29 is 9.53 Å². The quantitative estimate of drug-likeness (QED) is 0.634. The van der Waals surface area contributed by atoms with E-state index in [4.69, 9.17) is 10.5 Å². The molecule has 0 radical (unpaired) electrons. The minimum Gasteiger partial charge on any atom is -0.450 e. The number of nitrogens with two attached hydrogens (primary N) is 1. The van der Waals surface area contributed by atoms with Crippen molar-refractivity contribution in [2.45, 2.75) is 46.1 Å². The summed E-state index contributed by atoms with van der Waals surface area (Å²) in [6.45, 7) is 8.54. The number of hydrogen-bond donors (Lipinski definition) is 2. The van der Waals surface area contributed by atoms with Gasteiger partial charge < -0.3 is 20.7 Å². The zero-order valence-corrected chi connectivity index (χ0v) is 15.5. The summed E-state index contributed by atoms with van der Waals surface area (Å²) >= 11 is 0. The molecule has 6 heteroatoms. The van der Waals surface area contributed by atoms with Gasteiger partial charge in [-0.1, -0.05) is 18.2 Å². The summed E-state index contributed by atoms with van der Waals surface area (Å²) in [4.78, 5) is 17.9. The Morgan fingerprint density at radius 2 is 1.96 bits per heavy atom. The van der Waals surface area contributed by atoms with Crippen LogP contribution in [0.15, 0.2) is 23.2 Å². The highest BCUT2D eigenvalue weighted by atomic mass is 16.6. The van der Waals surface area contributed by atoms with Crippen LogP contribution in [-0.4, -0.2) is 49.2 Å². The number of amides is 1. The third kappa shape index (κ3) is 5.66. The lowest BCUT2D eigenvalue weighted by atomic mass is 10.0. The van der Waals surface area contributed by atoms with Crippen LogP contribution in [0.1, 0.15) is 36.5 Å². The average Bonchev–Trinajstić information content (AvgIpc) is 2.58. The van der Waals surface area contributed by atoms with Crippen LogP contribution in [0.5, 0.6) is 0 Å². The van der Waals surface area contributed by atoms with Crippen LogP contribution in [0, 0.1) is 13.8 Å². The number of carbonyl (C=O) groups is 1. The van der Waals surface area contributed by atoms with Gasteiger partial charge in [0.15, 0.2) is 5.96 Å². The minimum atomic E-state index is -0.226. The fourth-order valence-electron chi connectivity index (χ4n) is 3.21. The third-order valence-electron chi connectivity index (χ3n) is 4.66. The van der Waals surface area contributed by atoms with Gasteiger partial charge in [-0.3, -0.25) is 4.99 Å². The highest BCUT2D eigenvalue weighted by Crippen LogP contribution is 2.14. The summed E-state index contributed by atoms with van der Waals surface area (Å²) in [6, 6.07) is 6.60. The molecule has 2 rings (SSSR count). The molecule has 3 N–H and O–H groups in total. The number of guanidine groups is 1. The van der Waals surface area contributed by atoms with Gasteiger partial charge in [0.2, 0.25) is 0 Å². The van der Waals surface area contributed by atoms with Crippen LogP contribution in [0.25, 0.3) is 0 Å². The summed E-state index contributed by atoms with van der Waals surface area (Å²) in [5, 5.41) is 3.27. The lowest BCUT2D eigenvalue weighted by Crippen LogP contribution is -2.48. The molecule has 1 aromatic carbocycles. The highest BCUT2D eigenvalue weighted by Gasteiger charge is 2.23. The minimum absolute atomic E-state index is 0.226. The maximum absolute atomic E-state index is 11.7. The number of aliphatic imine (C=N–C) groups is 1. The third-order valence-corrected chi connectivity index (χ3v) is 4.66. The van der Waals surface area contributed by atoms with Crippen molar-refractivity contribution in [2.24, 2.45) is 10.7 Å². The van der Waals surface area contributed by atoms with Crippen LogP contribution < -0.4 is 11.1 Å². The van der Waals surface area contributed by atoms with Gasteiger partial charge in [0, 0.05) is 25.7 Å². The summed E-state index contributed by atoms with van der Waals surface area (Å²) in [5.74, 6) is 0.487. The Kier molecular flexibility index (Phi) is 7.10. The molecule has 0 aliphatic carbocycles. The second-order valence-corrected chi connectivity index (χ2v) is 6.49. The number of piperidine rings is 1. The van der Waals surface area contributed by atoms with Gasteiger partial charge in [0.25, 0.3) is 0 Å². The molecule has 0 atom stereocenters. The first-order valence-electron chi connectivity index (χ1n) is 9.04. The van der Waals surface area contributed by atoms with Crippen molar-refractivity contribution in [3.63, 3.8) is 0 Å². The standard InChI is InChI=1S/C19H30N4O2/c1-4-25-19(24)23-12-9-16(10-13-23)22-18(20)21-11-8-17-14(2)6-5-7-15(17)3/h5-7,16H,4,8-13H2,1-3H3,(H3,20,21,22). The predicted molar refractivity (Wildman–Crippen MR) is 101 cm³/mol. The van der Waals surface area contributed by atoms with Crippen LogP contribution >= 0.6 is 0 Å². The Balaban J connectivity index is 1.76. The molecule has 0 spiro atoms. The zero-order valence-electron chi connectivity index (χ0n) is 15.5. The molecule has 0 bridgehead atoms. The van der Waals surface area contributed by atoms with Crippen LogP contribution in [-0.2, 0) is 11.2 Å². The number of hydrogen-bond acceptors (Lipinski definition) is 3. The van der Waals surface area contributed by atoms with Gasteiger partial charge in [-0.2, -0.15) is 0 Å². The van der Waals surface area contributed by atoms with Crippen LogP contribution in [0.3, 0.4) is 0 Å². The van der Waals surface area contributed by atoms with Gasteiger partial charge in [-0.25, -0.2) is 4.79 Å². The van der Waals surface area contributed by atoms with E-state index in [-0.39, 0.29) is 12.1 Å².